The molecule has 98 valence electrons. The summed E-state index contributed by atoms with van der Waals surface area (Å²) < 4.78 is 5.13. The highest BCUT2D eigenvalue weighted by molar-refractivity contribution is 5.97. The predicted octanol–water partition coefficient (Wildman–Crippen LogP) is 2.08. The quantitative estimate of drug-likeness (QED) is 0.507. The largest absolute Gasteiger partial charge is 0.426 e. The number of ketones is 1. The second-order valence-corrected chi connectivity index (χ2v) is 5.14. The Balaban J connectivity index is 3.29. The summed E-state index contributed by atoms with van der Waals surface area (Å²) in [5.41, 5.74) is 0.972. The van der Waals surface area contributed by atoms with Crippen LogP contribution in [-0.4, -0.2) is 23.5 Å². The van der Waals surface area contributed by atoms with Gasteiger partial charge in [0.1, 0.15) is 12.4 Å². The fourth-order valence-electron chi connectivity index (χ4n) is 1.65. The number of benzene rings is 1. The zero-order chi connectivity index (χ0) is 13.9. The lowest BCUT2D eigenvalue weighted by Crippen LogP contribution is -2.16. The van der Waals surface area contributed by atoms with E-state index in [0.29, 0.717) is 11.3 Å². The number of hydrogen-bond donors (Lipinski definition) is 1. The average Bonchev–Trinajstić information content (AvgIpc) is 2.25. The van der Waals surface area contributed by atoms with E-state index in [2.05, 4.69) is 0 Å². The van der Waals surface area contributed by atoms with Crippen LogP contribution < -0.4 is 4.74 Å². The van der Waals surface area contributed by atoms with Gasteiger partial charge in [0, 0.05) is 18.1 Å². The van der Waals surface area contributed by atoms with Crippen molar-refractivity contribution in [1.82, 2.24) is 0 Å². The molecule has 0 bridgehead atoms. The molecule has 0 saturated carbocycles. The first-order valence-electron chi connectivity index (χ1n) is 5.72. The van der Waals surface area contributed by atoms with Crippen LogP contribution in [0.1, 0.15) is 43.6 Å². The van der Waals surface area contributed by atoms with E-state index in [1.165, 1.54) is 13.0 Å². The van der Waals surface area contributed by atoms with Gasteiger partial charge in [-0.2, -0.15) is 0 Å². The Bertz CT molecular complexity index is 469. The summed E-state index contributed by atoms with van der Waals surface area (Å²) in [6, 6.07) is 4.88. The highest BCUT2D eigenvalue weighted by atomic mass is 16.5. The van der Waals surface area contributed by atoms with Crippen molar-refractivity contribution >= 4 is 11.8 Å². The number of aliphatic hydroxyl groups is 1. The van der Waals surface area contributed by atoms with E-state index in [9.17, 15) is 9.59 Å². The van der Waals surface area contributed by atoms with Crippen molar-refractivity contribution in [2.45, 2.75) is 33.1 Å². The van der Waals surface area contributed by atoms with Gasteiger partial charge in [-0.3, -0.25) is 9.59 Å². The molecule has 0 amide bonds. The zero-order valence-electron chi connectivity index (χ0n) is 11.1. The summed E-state index contributed by atoms with van der Waals surface area (Å²) in [4.78, 5) is 22.5. The Morgan fingerprint density at radius 2 is 1.89 bits per heavy atom. The molecule has 0 aromatic heterocycles. The maximum atomic E-state index is 11.4. The molecule has 1 aromatic carbocycles. The molecule has 1 rings (SSSR count). The molecule has 18 heavy (non-hydrogen) atoms. The van der Waals surface area contributed by atoms with Crippen molar-refractivity contribution in [3.63, 3.8) is 0 Å². The van der Waals surface area contributed by atoms with Crippen molar-refractivity contribution in [3.8, 4) is 5.75 Å². The van der Waals surface area contributed by atoms with E-state index in [1.54, 1.807) is 12.1 Å². The number of aliphatic hydroxyl groups excluding tert-OH is 1. The monoisotopic (exact) mass is 250 g/mol. The number of Topliss-reactive ketones (excluding diaryl/α,β-unsaturated/α-hetero) is 1. The molecule has 0 aliphatic rings. The van der Waals surface area contributed by atoms with Gasteiger partial charge in [0.15, 0.2) is 5.78 Å². The van der Waals surface area contributed by atoms with Gasteiger partial charge in [-0.15, -0.1) is 0 Å². The molecule has 4 heteroatoms. The minimum Gasteiger partial charge on any atom is -0.426 e. The van der Waals surface area contributed by atoms with Crippen LogP contribution in [0.2, 0.25) is 0 Å². The second kappa shape index (κ2) is 5.31. The molecule has 0 unspecified atom stereocenters. The summed E-state index contributed by atoms with van der Waals surface area (Å²) in [5.74, 6) is -0.466. The third-order valence-corrected chi connectivity index (χ3v) is 2.51. The van der Waals surface area contributed by atoms with Crippen LogP contribution in [0.25, 0.3) is 0 Å². The van der Waals surface area contributed by atoms with Gasteiger partial charge in [-0.1, -0.05) is 32.9 Å². The van der Waals surface area contributed by atoms with Crippen LogP contribution in [-0.2, 0) is 10.2 Å². The maximum Gasteiger partial charge on any atom is 0.308 e. The molecule has 0 saturated heterocycles. The molecule has 0 aliphatic heterocycles. The molecule has 0 aliphatic carbocycles. The van der Waals surface area contributed by atoms with Crippen molar-refractivity contribution in [3.05, 3.63) is 29.3 Å². The standard InChI is InChI=1S/C14H18O4/c1-9(16)18-13-7-10(12(17)8-15)5-6-11(13)14(2,3)4/h5-7,15H,8H2,1-4H3. The SMILES string of the molecule is CC(=O)Oc1cc(C(=O)CO)ccc1C(C)(C)C. The molecule has 0 spiro atoms. The minimum absolute atomic E-state index is 0.203. The molecule has 0 heterocycles. The number of rotatable bonds is 3. The van der Waals surface area contributed by atoms with E-state index >= 15 is 0 Å². The van der Waals surface area contributed by atoms with E-state index in [0.717, 1.165) is 5.56 Å². The summed E-state index contributed by atoms with van der Waals surface area (Å²) in [6.45, 7) is 6.72. The highest BCUT2D eigenvalue weighted by Gasteiger charge is 2.21. The summed E-state index contributed by atoms with van der Waals surface area (Å²) in [5, 5.41) is 8.83. The first-order valence-corrected chi connectivity index (χ1v) is 5.72. The van der Waals surface area contributed by atoms with Crippen molar-refractivity contribution < 1.29 is 19.4 Å². The second-order valence-electron chi connectivity index (χ2n) is 5.14. The number of hydrogen-bond acceptors (Lipinski definition) is 4. The van der Waals surface area contributed by atoms with Gasteiger partial charge in [-0.25, -0.2) is 0 Å². The van der Waals surface area contributed by atoms with Gasteiger partial charge < -0.3 is 9.84 Å². The lowest BCUT2D eigenvalue weighted by Gasteiger charge is -2.22. The maximum absolute atomic E-state index is 11.4. The van der Waals surface area contributed by atoms with Crippen LogP contribution >= 0.6 is 0 Å². The van der Waals surface area contributed by atoms with Crippen LogP contribution in [0, 0.1) is 0 Å². The van der Waals surface area contributed by atoms with Crippen LogP contribution in [0.5, 0.6) is 5.75 Å². The third kappa shape index (κ3) is 3.40. The predicted molar refractivity (Wildman–Crippen MR) is 67.9 cm³/mol. The normalized spacial score (nSPS) is 11.2. The summed E-state index contributed by atoms with van der Waals surface area (Å²) in [7, 11) is 0. The molecule has 1 N–H and O–H groups in total. The first-order chi connectivity index (χ1) is 8.25. The van der Waals surface area contributed by atoms with Crippen LogP contribution in [0.4, 0.5) is 0 Å². The third-order valence-electron chi connectivity index (χ3n) is 2.51. The number of carbonyl (C=O) groups excluding carboxylic acids is 2. The molecular weight excluding hydrogens is 232 g/mol. The fourth-order valence-corrected chi connectivity index (χ4v) is 1.65. The van der Waals surface area contributed by atoms with Crippen LogP contribution in [0.3, 0.4) is 0 Å². The smallest absolute Gasteiger partial charge is 0.308 e. The van der Waals surface area contributed by atoms with Gasteiger partial charge in [-0.05, 0) is 11.5 Å². The Kier molecular flexibility index (Phi) is 4.24. The van der Waals surface area contributed by atoms with Gasteiger partial charge in [0.2, 0.25) is 0 Å². The average molecular weight is 250 g/mol. The first kappa shape index (κ1) is 14.4. The highest BCUT2D eigenvalue weighted by Crippen LogP contribution is 2.32. The fraction of sp³-hybridized carbons (Fsp3) is 0.429. The molecule has 1 aromatic rings. The number of ether oxygens (including phenoxy) is 1. The Morgan fingerprint density at radius 3 is 2.33 bits per heavy atom. The summed E-state index contributed by atoms with van der Waals surface area (Å²) in [6.07, 6.45) is 0. The molecule has 4 nitrogen and oxygen atoms in total. The van der Waals surface area contributed by atoms with E-state index in [1.807, 2.05) is 20.8 Å². The number of esters is 1. The Hall–Kier alpha value is -1.68. The molecule has 0 radical (unpaired) electrons. The number of carbonyl (C=O) groups is 2. The lowest BCUT2D eigenvalue weighted by atomic mass is 9.85. The zero-order valence-corrected chi connectivity index (χ0v) is 11.1. The van der Waals surface area contributed by atoms with Crippen molar-refractivity contribution in [1.29, 1.82) is 0 Å². The van der Waals surface area contributed by atoms with E-state index in [4.69, 9.17) is 9.84 Å². The topological polar surface area (TPSA) is 63.6 Å². The van der Waals surface area contributed by atoms with E-state index in [-0.39, 0.29) is 5.41 Å². The molecule has 0 fully saturated rings. The minimum atomic E-state index is -0.561. The van der Waals surface area contributed by atoms with Gasteiger partial charge in [0.25, 0.3) is 0 Å². The Labute approximate surface area is 107 Å². The van der Waals surface area contributed by atoms with Gasteiger partial charge in [0.05, 0.1) is 0 Å². The van der Waals surface area contributed by atoms with Crippen molar-refractivity contribution in [2.24, 2.45) is 0 Å². The summed E-state index contributed by atoms with van der Waals surface area (Å²) >= 11 is 0. The van der Waals surface area contributed by atoms with Crippen LogP contribution in [0.15, 0.2) is 18.2 Å². The Morgan fingerprint density at radius 1 is 1.28 bits per heavy atom. The lowest BCUT2D eigenvalue weighted by molar-refractivity contribution is -0.131. The molecule has 0 atom stereocenters. The van der Waals surface area contributed by atoms with E-state index < -0.39 is 18.4 Å². The van der Waals surface area contributed by atoms with Crippen molar-refractivity contribution in [2.75, 3.05) is 6.61 Å². The molecular formula is C14H18O4. The van der Waals surface area contributed by atoms with Gasteiger partial charge >= 0.3 is 5.97 Å².